The average molecular weight is 202 g/mol. The van der Waals surface area contributed by atoms with E-state index < -0.39 is 0 Å². The maximum atomic E-state index is 5.50. The second kappa shape index (κ2) is 4.70. The molecule has 0 saturated heterocycles. The van der Waals surface area contributed by atoms with Crippen LogP contribution in [0, 0.1) is 0 Å². The van der Waals surface area contributed by atoms with E-state index in [0.29, 0.717) is 6.54 Å². The molecule has 2 N–H and O–H groups in total. The zero-order valence-electron chi connectivity index (χ0n) is 8.50. The van der Waals surface area contributed by atoms with E-state index in [9.17, 15) is 0 Å². The summed E-state index contributed by atoms with van der Waals surface area (Å²) in [5.74, 6) is 0.946. The van der Waals surface area contributed by atoms with Crippen molar-refractivity contribution in [1.29, 1.82) is 0 Å². The Balaban J connectivity index is 2.14. The van der Waals surface area contributed by atoms with Gasteiger partial charge in [-0.05, 0) is 12.1 Å². The molecule has 0 saturated carbocycles. The largest absolute Gasteiger partial charge is 0.330 e. The van der Waals surface area contributed by atoms with Crippen molar-refractivity contribution < 1.29 is 0 Å². The van der Waals surface area contributed by atoms with Gasteiger partial charge < -0.3 is 5.73 Å². The third kappa shape index (κ3) is 2.41. The van der Waals surface area contributed by atoms with Crippen molar-refractivity contribution in [2.75, 3.05) is 6.54 Å². The van der Waals surface area contributed by atoms with Gasteiger partial charge in [0, 0.05) is 6.42 Å². The first kappa shape index (κ1) is 9.86. The molecule has 2 aromatic rings. The molecular formula is C11H14N4. The lowest BCUT2D eigenvalue weighted by atomic mass is 10.2. The summed E-state index contributed by atoms with van der Waals surface area (Å²) in [5.41, 5.74) is 6.72. The summed E-state index contributed by atoms with van der Waals surface area (Å²) in [4.78, 5) is 4.17. The molecule has 0 aliphatic rings. The fourth-order valence-corrected chi connectivity index (χ4v) is 1.50. The molecule has 0 aliphatic carbocycles. The highest BCUT2D eigenvalue weighted by Crippen LogP contribution is 2.03. The number of benzene rings is 1. The van der Waals surface area contributed by atoms with Crippen LogP contribution in [0.25, 0.3) is 0 Å². The van der Waals surface area contributed by atoms with Crippen molar-refractivity contribution in [3.05, 3.63) is 48.0 Å². The van der Waals surface area contributed by atoms with Crippen LogP contribution in [-0.4, -0.2) is 21.3 Å². The predicted molar refractivity (Wildman–Crippen MR) is 58.3 cm³/mol. The van der Waals surface area contributed by atoms with Crippen LogP contribution in [0.1, 0.15) is 11.4 Å². The number of nitrogens with two attached hydrogens (primary N) is 1. The summed E-state index contributed by atoms with van der Waals surface area (Å²) < 4.78 is 1.89. The lowest BCUT2D eigenvalue weighted by molar-refractivity contribution is 0.635. The molecule has 0 amide bonds. The molecule has 4 heteroatoms. The second-order valence-corrected chi connectivity index (χ2v) is 3.36. The third-order valence-corrected chi connectivity index (χ3v) is 2.24. The van der Waals surface area contributed by atoms with Gasteiger partial charge in [0.1, 0.15) is 12.2 Å². The van der Waals surface area contributed by atoms with Crippen molar-refractivity contribution in [3.63, 3.8) is 0 Å². The Kier molecular flexibility index (Phi) is 3.09. The fourth-order valence-electron chi connectivity index (χ4n) is 1.50. The van der Waals surface area contributed by atoms with E-state index in [1.54, 1.807) is 6.33 Å². The van der Waals surface area contributed by atoms with Crippen LogP contribution in [0.4, 0.5) is 0 Å². The molecule has 0 unspecified atom stereocenters. The SMILES string of the molecule is NCCc1ncnn1Cc1ccccc1. The predicted octanol–water partition coefficient (Wildman–Crippen LogP) is 0.828. The minimum atomic E-state index is 0.605. The van der Waals surface area contributed by atoms with E-state index in [-0.39, 0.29) is 0 Å². The van der Waals surface area contributed by atoms with Gasteiger partial charge in [-0.15, -0.1) is 0 Å². The molecule has 0 bridgehead atoms. The van der Waals surface area contributed by atoms with Crippen LogP contribution in [0.15, 0.2) is 36.7 Å². The van der Waals surface area contributed by atoms with Crippen LogP contribution >= 0.6 is 0 Å². The zero-order chi connectivity index (χ0) is 10.5. The Morgan fingerprint density at radius 1 is 1.20 bits per heavy atom. The highest BCUT2D eigenvalue weighted by atomic mass is 15.3. The van der Waals surface area contributed by atoms with Gasteiger partial charge in [0.2, 0.25) is 0 Å². The molecule has 4 nitrogen and oxygen atoms in total. The molecule has 0 radical (unpaired) electrons. The first-order valence-electron chi connectivity index (χ1n) is 5.01. The van der Waals surface area contributed by atoms with Gasteiger partial charge in [0.15, 0.2) is 0 Å². The van der Waals surface area contributed by atoms with Crippen molar-refractivity contribution in [1.82, 2.24) is 14.8 Å². The van der Waals surface area contributed by atoms with Crippen molar-refractivity contribution in [2.45, 2.75) is 13.0 Å². The van der Waals surface area contributed by atoms with Crippen LogP contribution in [-0.2, 0) is 13.0 Å². The Hall–Kier alpha value is -1.68. The number of aromatic nitrogens is 3. The standard InChI is InChI=1S/C11H14N4/c12-7-6-11-13-9-14-15(11)8-10-4-2-1-3-5-10/h1-5,9H,6-8,12H2. The molecule has 1 aromatic heterocycles. The van der Waals surface area contributed by atoms with Crippen molar-refractivity contribution in [3.8, 4) is 0 Å². The number of rotatable bonds is 4. The highest BCUT2D eigenvalue weighted by Gasteiger charge is 2.03. The van der Waals surface area contributed by atoms with E-state index in [4.69, 9.17) is 5.73 Å². The first-order chi connectivity index (χ1) is 7.40. The summed E-state index contributed by atoms with van der Waals surface area (Å²) >= 11 is 0. The molecule has 0 fully saturated rings. The molecule has 15 heavy (non-hydrogen) atoms. The molecular weight excluding hydrogens is 188 g/mol. The van der Waals surface area contributed by atoms with Crippen molar-refractivity contribution >= 4 is 0 Å². The van der Waals surface area contributed by atoms with Gasteiger partial charge in [-0.1, -0.05) is 30.3 Å². The Labute approximate surface area is 88.8 Å². The van der Waals surface area contributed by atoms with E-state index in [1.807, 2.05) is 22.9 Å². The summed E-state index contributed by atoms with van der Waals surface area (Å²) in [6.45, 7) is 1.36. The summed E-state index contributed by atoms with van der Waals surface area (Å²) in [7, 11) is 0. The zero-order valence-corrected chi connectivity index (χ0v) is 8.50. The summed E-state index contributed by atoms with van der Waals surface area (Å²) in [6.07, 6.45) is 2.35. The molecule has 0 spiro atoms. The lowest BCUT2D eigenvalue weighted by Gasteiger charge is -2.04. The maximum absolute atomic E-state index is 5.50. The minimum Gasteiger partial charge on any atom is -0.330 e. The molecule has 0 atom stereocenters. The van der Waals surface area contributed by atoms with Gasteiger partial charge in [-0.3, -0.25) is 0 Å². The summed E-state index contributed by atoms with van der Waals surface area (Å²) in [5, 5.41) is 4.18. The number of nitrogens with zero attached hydrogens (tertiary/aromatic N) is 3. The molecule has 1 heterocycles. The smallest absolute Gasteiger partial charge is 0.138 e. The van der Waals surface area contributed by atoms with Gasteiger partial charge >= 0.3 is 0 Å². The Morgan fingerprint density at radius 3 is 2.73 bits per heavy atom. The average Bonchev–Trinajstić information content (AvgIpc) is 2.68. The normalized spacial score (nSPS) is 10.5. The van der Waals surface area contributed by atoms with Crippen LogP contribution in [0.2, 0.25) is 0 Å². The third-order valence-electron chi connectivity index (χ3n) is 2.24. The first-order valence-corrected chi connectivity index (χ1v) is 5.01. The maximum Gasteiger partial charge on any atom is 0.138 e. The second-order valence-electron chi connectivity index (χ2n) is 3.36. The molecule has 78 valence electrons. The number of hydrogen-bond donors (Lipinski definition) is 1. The van der Waals surface area contributed by atoms with Gasteiger partial charge in [-0.25, -0.2) is 9.67 Å². The fraction of sp³-hybridized carbons (Fsp3) is 0.273. The molecule has 2 rings (SSSR count). The number of hydrogen-bond acceptors (Lipinski definition) is 3. The lowest BCUT2D eigenvalue weighted by Crippen LogP contribution is -2.11. The van der Waals surface area contributed by atoms with E-state index >= 15 is 0 Å². The van der Waals surface area contributed by atoms with Crippen molar-refractivity contribution in [2.24, 2.45) is 5.73 Å². The van der Waals surface area contributed by atoms with Gasteiger partial charge in [0.05, 0.1) is 6.54 Å². The molecule has 0 aliphatic heterocycles. The Bertz CT molecular complexity index is 408. The quantitative estimate of drug-likeness (QED) is 0.798. The van der Waals surface area contributed by atoms with Gasteiger partial charge in [0.25, 0.3) is 0 Å². The van der Waals surface area contributed by atoms with Gasteiger partial charge in [-0.2, -0.15) is 5.10 Å². The Morgan fingerprint density at radius 2 is 2.00 bits per heavy atom. The summed E-state index contributed by atoms with van der Waals surface area (Å²) in [6, 6.07) is 10.2. The highest BCUT2D eigenvalue weighted by molar-refractivity contribution is 5.15. The van der Waals surface area contributed by atoms with E-state index in [2.05, 4.69) is 22.2 Å². The van der Waals surface area contributed by atoms with Crippen LogP contribution in [0.5, 0.6) is 0 Å². The minimum absolute atomic E-state index is 0.605. The van der Waals surface area contributed by atoms with Crippen LogP contribution < -0.4 is 5.73 Å². The monoisotopic (exact) mass is 202 g/mol. The van der Waals surface area contributed by atoms with Crippen LogP contribution in [0.3, 0.4) is 0 Å². The topological polar surface area (TPSA) is 56.7 Å². The molecule has 1 aromatic carbocycles. The van der Waals surface area contributed by atoms with E-state index in [1.165, 1.54) is 5.56 Å². The van der Waals surface area contributed by atoms with E-state index in [0.717, 1.165) is 18.8 Å².